The normalized spacial score (nSPS) is 14.1. The van der Waals surface area contributed by atoms with Crippen molar-refractivity contribution >= 4 is 27.5 Å². The van der Waals surface area contributed by atoms with Crippen LogP contribution in [0.3, 0.4) is 0 Å². The number of benzene rings is 2. The molecule has 0 saturated heterocycles. The molecule has 0 aliphatic carbocycles. The molecule has 0 aliphatic rings. The van der Waals surface area contributed by atoms with Crippen molar-refractivity contribution in [3.05, 3.63) is 70.2 Å². The van der Waals surface area contributed by atoms with E-state index in [1.54, 1.807) is 0 Å². The van der Waals surface area contributed by atoms with Crippen LogP contribution in [0.1, 0.15) is 24.5 Å². The van der Waals surface area contributed by atoms with Crippen LogP contribution in [-0.4, -0.2) is 5.88 Å². The van der Waals surface area contributed by atoms with Crippen molar-refractivity contribution in [1.82, 2.24) is 0 Å². The summed E-state index contributed by atoms with van der Waals surface area (Å²) < 4.78 is 1.11. The topological polar surface area (TPSA) is 0 Å². The average Bonchev–Trinajstić information content (AvgIpc) is 2.48. The molecule has 0 heterocycles. The fourth-order valence-electron chi connectivity index (χ4n) is 2.43. The van der Waals surface area contributed by atoms with E-state index in [2.05, 4.69) is 77.5 Å². The van der Waals surface area contributed by atoms with Gasteiger partial charge in [-0.3, -0.25) is 0 Å². The minimum Gasteiger partial charge on any atom is -0.126 e. The first-order valence-corrected chi connectivity index (χ1v) is 7.89. The van der Waals surface area contributed by atoms with Crippen LogP contribution >= 0.6 is 27.5 Å². The maximum atomic E-state index is 6.33. The number of hydrogen-bond donors (Lipinski definition) is 0. The lowest BCUT2D eigenvalue weighted by Crippen LogP contribution is -2.30. The highest BCUT2D eigenvalue weighted by molar-refractivity contribution is 9.10. The lowest BCUT2D eigenvalue weighted by Gasteiger charge is -2.31. The fraction of sp³-hybridized carbons (Fsp3) is 0.294. The lowest BCUT2D eigenvalue weighted by atomic mass is 9.75. The SMILES string of the molecule is CCC(CCl)(Cc1ccc(Br)cc1)c1ccccc1. The summed E-state index contributed by atoms with van der Waals surface area (Å²) in [5.74, 6) is 0.642. The minimum absolute atomic E-state index is 0.0244. The molecule has 1 unspecified atom stereocenters. The van der Waals surface area contributed by atoms with Crippen LogP contribution < -0.4 is 0 Å². The average molecular weight is 338 g/mol. The Morgan fingerprint density at radius 1 is 1.00 bits per heavy atom. The molecule has 0 nitrogen and oxygen atoms in total. The van der Waals surface area contributed by atoms with Crippen LogP contribution in [0.15, 0.2) is 59.1 Å². The van der Waals surface area contributed by atoms with Gasteiger partial charge in [0.2, 0.25) is 0 Å². The second kappa shape index (κ2) is 6.58. The maximum absolute atomic E-state index is 6.33. The summed E-state index contributed by atoms with van der Waals surface area (Å²) in [6, 6.07) is 19.1. The van der Waals surface area contributed by atoms with Gasteiger partial charge in [-0.05, 0) is 36.1 Å². The molecule has 0 bridgehead atoms. The van der Waals surface area contributed by atoms with Gasteiger partial charge in [0.15, 0.2) is 0 Å². The van der Waals surface area contributed by atoms with Crippen molar-refractivity contribution in [3.8, 4) is 0 Å². The molecular formula is C17H18BrCl. The van der Waals surface area contributed by atoms with Gasteiger partial charge < -0.3 is 0 Å². The van der Waals surface area contributed by atoms with E-state index in [-0.39, 0.29) is 5.41 Å². The molecule has 0 spiro atoms. The Morgan fingerprint density at radius 2 is 1.63 bits per heavy atom. The first-order valence-electron chi connectivity index (χ1n) is 6.56. The standard InChI is InChI=1S/C17H18BrCl/c1-2-17(13-19,15-6-4-3-5-7-15)12-14-8-10-16(18)11-9-14/h3-11H,2,12-13H2,1H3. The van der Waals surface area contributed by atoms with Gasteiger partial charge in [-0.15, -0.1) is 11.6 Å². The van der Waals surface area contributed by atoms with Crippen LogP contribution in [0.5, 0.6) is 0 Å². The molecule has 0 aliphatic heterocycles. The second-order valence-electron chi connectivity index (χ2n) is 4.94. The first-order chi connectivity index (χ1) is 9.20. The Bertz CT molecular complexity index is 501. The Morgan fingerprint density at radius 3 is 2.16 bits per heavy atom. The molecule has 0 saturated carbocycles. The monoisotopic (exact) mass is 336 g/mol. The van der Waals surface area contributed by atoms with Crippen LogP contribution in [0.25, 0.3) is 0 Å². The van der Waals surface area contributed by atoms with Crippen molar-refractivity contribution in [2.45, 2.75) is 25.2 Å². The molecule has 0 radical (unpaired) electrons. The van der Waals surface area contributed by atoms with Crippen LogP contribution in [0.2, 0.25) is 0 Å². The summed E-state index contributed by atoms with van der Waals surface area (Å²) in [4.78, 5) is 0. The summed E-state index contributed by atoms with van der Waals surface area (Å²) in [6.45, 7) is 2.22. The molecule has 0 amide bonds. The third-order valence-corrected chi connectivity index (χ3v) is 4.81. The van der Waals surface area contributed by atoms with E-state index in [1.165, 1.54) is 11.1 Å². The smallest absolute Gasteiger partial charge is 0.0323 e. The van der Waals surface area contributed by atoms with E-state index in [1.807, 2.05) is 0 Å². The van der Waals surface area contributed by atoms with Gasteiger partial charge in [0.1, 0.15) is 0 Å². The van der Waals surface area contributed by atoms with Crippen molar-refractivity contribution in [2.75, 3.05) is 5.88 Å². The third kappa shape index (κ3) is 3.40. The summed E-state index contributed by atoms with van der Waals surface area (Å²) in [5, 5.41) is 0. The largest absolute Gasteiger partial charge is 0.126 e. The number of rotatable bonds is 5. The molecule has 0 N–H and O–H groups in total. The van der Waals surface area contributed by atoms with E-state index < -0.39 is 0 Å². The highest BCUT2D eigenvalue weighted by Gasteiger charge is 2.29. The van der Waals surface area contributed by atoms with Gasteiger partial charge in [0.25, 0.3) is 0 Å². The molecule has 0 fully saturated rings. The van der Waals surface area contributed by atoms with Gasteiger partial charge in [0.05, 0.1) is 0 Å². The highest BCUT2D eigenvalue weighted by Crippen LogP contribution is 2.33. The zero-order valence-electron chi connectivity index (χ0n) is 11.1. The van der Waals surface area contributed by atoms with E-state index >= 15 is 0 Å². The molecule has 19 heavy (non-hydrogen) atoms. The van der Waals surface area contributed by atoms with Gasteiger partial charge in [0, 0.05) is 15.8 Å². The predicted octanol–water partition coefficient (Wildman–Crippen LogP) is 5.58. The highest BCUT2D eigenvalue weighted by atomic mass is 79.9. The van der Waals surface area contributed by atoms with Gasteiger partial charge >= 0.3 is 0 Å². The van der Waals surface area contributed by atoms with E-state index in [0.717, 1.165) is 17.3 Å². The Labute approximate surface area is 128 Å². The molecule has 1 atom stereocenters. The maximum Gasteiger partial charge on any atom is 0.0323 e. The molecule has 100 valence electrons. The van der Waals surface area contributed by atoms with Crippen LogP contribution in [0, 0.1) is 0 Å². The molecule has 2 aromatic rings. The molecular weight excluding hydrogens is 320 g/mol. The summed E-state index contributed by atoms with van der Waals surface area (Å²) in [6.07, 6.45) is 2.01. The minimum atomic E-state index is 0.0244. The van der Waals surface area contributed by atoms with Crippen molar-refractivity contribution in [2.24, 2.45) is 0 Å². The van der Waals surface area contributed by atoms with E-state index in [9.17, 15) is 0 Å². The van der Waals surface area contributed by atoms with Crippen LogP contribution in [0.4, 0.5) is 0 Å². The van der Waals surface area contributed by atoms with Gasteiger partial charge in [-0.25, -0.2) is 0 Å². The third-order valence-electron chi connectivity index (χ3n) is 3.77. The molecule has 2 aromatic carbocycles. The Kier molecular flexibility index (Phi) is 5.06. The van der Waals surface area contributed by atoms with Crippen LogP contribution in [-0.2, 0) is 11.8 Å². The molecule has 2 rings (SSSR count). The Hall–Kier alpha value is -0.790. The number of alkyl halides is 1. The van der Waals surface area contributed by atoms with Crippen molar-refractivity contribution < 1.29 is 0 Å². The predicted molar refractivity (Wildman–Crippen MR) is 87.0 cm³/mol. The van der Waals surface area contributed by atoms with E-state index in [0.29, 0.717) is 5.88 Å². The van der Waals surface area contributed by atoms with Crippen molar-refractivity contribution in [3.63, 3.8) is 0 Å². The summed E-state index contributed by atoms with van der Waals surface area (Å²) in [5.41, 5.74) is 2.68. The fourth-order valence-corrected chi connectivity index (χ4v) is 3.14. The molecule has 0 aromatic heterocycles. The number of halogens is 2. The quantitative estimate of drug-likeness (QED) is 0.625. The first kappa shape index (κ1) is 14.6. The zero-order chi connectivity index (χ0) is 13.7. The van der Waals surface area contributed by atoms with Gasteiger partial charge in [-0.2, -0.15) is 0 Å². The lowest BCUT2D eigenvalue weighted by molar-refractivity contribution is 0.458. The van der Waals surface area contributed by atoms with Gasteiger partial charge in [-0.1, -0.05) is 65.3 Å². The second-order valence-corrected chi connectivity index (χ2v) is 6.12. The van der Waals surface area contributed by atoms with E-state index in [4.69, 9.17) is 11.6 Å². The summed E-state index contributed by atoms with van der Waals surface area (Å²) in [7, 11) is 0. The number of hydrogen-bond acceptors (Lipinski definition) is 0. The van der Waals surface area contributed by atoms with Crippen molar-refractivity contribution in [1.29, 1.82) is 0 Å². The Balaban J connectivity index is 2.32. The summed E-state index contributed by atoms with van der Waals surface area (Å²) >= 11 is 9.81. The zero-order valence-corrected chi connectivity index (χ0v) is 13.4. The molecule has 2 heteroatoms.